The molecule has 0 fully saturated rings. The number of fused-ring (bicyclic) bond motifs is 6. The van der Waals surface area contributed by atoms with Gasteiger partial charge in [-0.1, -0.05) is 84.9 Å². The fourth-order valence-electron chi connectivity index (χ4n) is 5.28. The van der Waals surface area contributed by atoms with Crippen molar-refractivity contribution < 1.29 is 0 Å². The van der Waals surface area contributed by atoms with Gasteiger partial charge in [-0.25, -0.2) is 15.0 Å². The van der Waals surface area contributed by atoms with Gasteiger partial charge in [0.25, 0.3) is 0 Å². The molecule has 8 aromatic rings. The van der Waals surface area contributed by atoms with E-state index in [0.29, 0.717) is 0 Å². The normalized spacial score (nSPS) is 11.7. The van der Waals surface area contributed by atoms with Gasteiger partial charge in [-0.15, -0.1) is 0 Å². The monoisotopic (exact) mass is 487 g/mol. The second-order valence-corrected chi connectivity index (χ2v) is 9.47. The van der Waals surface area contributed by atoms with Crippen LogP contribution in [-0.4, -0.2) is 23.8 Å². The summed E-state index contributed by atoms with van der Waals surface area (Å²) in [7, 11) is 0. The molecule has 0 unspecified atom stereocenters. The molecular formula is C33H21N5. The Hall–Kier alpha value is -5.29. The lowest BCUT2D eigenvalue weighted by atomic mass is 9.99. The second kappa shape index (κ2) is 8.11. The van der Waals surface area contributed by atoms with Gasteiger partial charge >= 0.3 is 0 Å². The zero-order valence-corrected chi connectivity index (χ0v) is 20.4. The van der Waals surface area contributed by atoms with Crippen LogP contribution < -0.4 is 0 Å². The molecule has 0 aliphatic heterocycles. The lowest BCUT2D eigenvalue weighted by Crippen LogP contribution is -1.91. The Balaban J connectivity index is 1.18. The zero-order chi connectivity index (χ0) is 25.1. The summed E-state index contributed by atoms with van der Waals surface area (Å²) in [4.78, 5) is 14.7. The van der Waals surface area contributed by atoms with Crippen molar-refractivity contribution in [2.45, 2.75) is 0 Å². The van der Waals surface area contributed by atoms with E-state index in [1.165, 1.54) is 5.56 Å². The first-order chi connectivity index (χ1) is 18.8. The number of pyridine rings is 3. The highest BCUT2D eigenvalue weighted by atomic mass is 15.1. The van der Waals surface area contributed by atoms with Crippen molar-refractivity contribution in [1.29, 1.82) is 0 Å². The standard InChI is InChI=1S/C33H21N5/c1-2-8-27-26(7-1)31(36-33-32(27)35-30-10-4-6-20-38(30)33)25-17-13-23(14-18-25)22-11-15-24(16-12-22)28-21-37-19-5-3-9-29(37)34-28/h1-21H. The maximum absolute atomic E-state index is 5.12. The van der Waals surface area contributed by atoms with Gasteiger partial charge in [0.2, 0.25) is 0 Å². The van der Waals surface area contributed by atoms with Gasteiger partial charge in [-0.05, 0) is 35.4 Å². The molecule has 5 heteroatoms. The summed E-state index contributed by atoms with van der Waals surface area (Å²) in [6, 6.07) is 37.7. The van der Waals surface area contributed by atoms with E-state index >= 15 is 0 Å². The van der Waals surface area contributed by atoms with Crippen LogP contribution in [0.1, 0.15) is 0 Å². The number of rotatable bonds is 3. The SMILES string of the molecule is c1ccc2c(c1)c(-c1ccc(-c3ccc(-c4cn5ccccc5n4)cc3)cc1)nc1c2nc2ccccn21. The van der Waals surface area contributed by atoms with E-state index < -0.39 is 0 Å². The molecule has 5 nitrogen and oxygen atoms in total. The Morgan fingerprint density at radius 1 is 0.474 bits per heavy atom. The van der Waals surface area contributed by atoms with Crippen LogP contribution in [-0.2, 0) is 0 Å². The predicted molar refractivity (Wildman–Crippen MR) is 153 cm³/mol. The Morgan fingerprint density at radius 3 is 1.87 bits per heavy atom. The fraction of sp³-hybridized carbons (Fsp3) is 0. The molecule has 5 aromatic heterocycles. The Morgan fingerprint density at radius 2 is 1.11 bits per heavy atom. The third-order valence-electron chi connectivity index (χ3n) is 7.20. The maximum atomic E-state index is 5.12. The lowest BCUT2D eigenvalue weighted by molar-refractivity contribution is 1.19. The second-order valence-electron chi connectivity index (χ2n) is 9.47. The van der Waals surface area contributed by atoms with Gasteiger partial charge in [-0.3, -0.25) is 4.40 Å². The zero-order valence-electron chi connectivity index (χ0n) is 20.4. The van der Waals surface area contributed by atoms with Crippen LogP contribution in [0.15, 0.2) is 128 Å². The molecule has 0 atom stereocenters. The van der Waals surface area contributed by atoms with Crippen LogP contribution in [0.3, 0.4) is 0 Å². The number of benzene rings is 3. The highest BCUT2D eigenvalue weighted by molar-refractivity contribution is 6.09. The molecule has 0 bridgehead atoms. The van der Waals surface area contributed by atoms with Gasteiger partial charge in [0.05, 0.1) is 11.4 Å². The highest BCUT2D eigenvalue weighted by Crippen LogP contribution is 2.34. The summed E-state index contributed by atoms with van der Waals surface area (Å²) >= 11 is 0. The van der Waals surface area contributed by atoms with Crippen LogP contribution in [0.5, 0.6) is 0 Å². The van der Waals surface area contributed by atoms with E-state index in [1.54, 1.807) is 0 Å². The smallest absolute Gasteiger partial charge is 0.165 e. The Bertz CT molecular complexity index is 2080. The van der Waals surface area contributed by atoms with Crippen LogP contribution in [0.4, 0.5) is 0 Å². The number of imidazole rings is 2. The summed E-state index contributed by atoms with van der Waals surface area (Å²) in [5.74, 6) is 0. The molecule has 38 heavy (non-hydrogen) atoms. The van der Waals surface area contributed by atoms with E-state index in [2.05, 4.69) is 83.4 Å². The van der Waals surface area contributed by atoms with Crippen molar-refractivity contribution >= 4 is 33.2 Å². The Kier molecular flexibility index (Phi) is 4.45. The minimum absolute atomic E-state index is 0.876. The average molecular weight is 488 g/mol. The van der Waals surface area contributed by atoms with E-state index in [4.69, 9.17) is 15.0 Å². The number of aromatic nitrogens is 5. The van der Waals surface area contributed by atoms with Crippen LogP contribution in [0.2, 0.25) is 0 Å². The maximum Gasteiger partial charge on any atom is 0.165 e. The minimum Gasteiger partial charge on any atom is -0.306 e. The summed E-state index contributed by atoms with van der Waals surface area (Å²) in [6.45, 7) is 0. The number of hydrogen-bond donors (Lipinski definition) is 0. The molecule has 3 aromatic carbocycles. The molecule has 0 saturated heterocycles. The van der Waals surface area contributed by atoms with Crippen molar-refractivity contribution in [3.63, 3.8) is 0 Å². The molecule has 0 aliphatic carbocycles. The van der Waals surface area contributed by atoms with Crippen molar-refractivity contribution in [3.05, 3.63) is 128 Å². The molecular weight excluding hydrogens is 466 g/mol. The number of hydrogen-bond acceptors (Lipinski definition) is 3. The first-order valence-corrected chi connectivity index (χ1v) is 12.6. The molecule has 0 N–H and O–H groups in total. The van der Waals surface area contributed by atoms with Crippen molar-refractivity contribution in [3.8, 4) is 33.6 Å². The van der Waals surface area contributed by atoms with E-state index in [-0.39, 0.29) is 0 Å². The minimum atomic E-state index is 0.876. The first kappa shape index (κ1) is 20.9. The third-order valence-corrected chi connectivity index (χ3v) is 7.20. The fourth-order valence-corrected chi connectivity index (χ4v) is 5.28. The van der Waals surface area contributed by atoms with Gasteiger partial charge in [-0.2, -0.15) is 0 Å². The largest absolute Gasteiger partial charge is 0.306 e. The van der Waals surface area contributed by atoms with Gasteiger partial charge in [0, 0.05) is 40.5 Å². The van der Waals surface area contributed by atoms with Crippen LogP contribution in [0, 0.1) is 0 Å². The third kappa shape index (κ3) is 3.22. The highest BCUT2D eigenvalue weighted by Gasteiger charge is 2.15. The molecule has 8 rings (SSSR count). The molecule has 0 aliphatic rings. The average Bonchev–Trinajstić information content (AvgIpc) is 3.59. The summed E-state index contributed by atoms with van der Waals surface area (Å²) < 4.78 is 4.11. The summed E-state index contributed by atoms with van der Waals surface area (Å²) in [5.41, 5.74) is 10.1. The number of nitrogens with zero attached hydrogens (tertiary/aromatic N) is 5. The van der Waals surface area contributed by atoms with Crippen LogP contribution in [0.25, 0.3) is 66.9 Å². The molecule has 178 valence electrons. The van der Waals surface area contributed by atoms with Crippen molar-refractivity contribution in [1.82, 2.24) is 23.8 Å². The summed E-state index contributed by atoms with van der Waals surface area (Å²) in [6.07, 6.45) is 6.11. The molecule has 0 amide bonds. The molecule has 0 saturated carbocycles. The van der Waals surface area contributed by atoms with Gasteiger partial charge in [0.1, 0.15) is 16.8 Å². The quantitative estimate of drug-likeness (QED) is 0.257. The Labute approximate surface area is 218 Å². The van der Waals surface area contributed by atoms with E-state index in [9.17, 15) is 0 Å². The van der Waals surface area contributed by atoms with Crippen molar-refractivity contribution in [2.24, 2.45) is 0 Å². The predicted octanol–water partition coefficient (Wildman–Crippen LogP) is 7.68. The van der Waals surface area contributed by atoms with E-state index in [0.717, 1.165) is 61.3 Å². The van der Waals surface area contributed by atoms with Gasteiger partial charge in [0.15, 0.2) is 5.65 Å². The summed E-state index contributed by atoms with van der Waals surface area (Å²) in [5, 5.41) is 2.22. The van der Waals surface area contributed by atoms with Crippen LogP contribution >= 0.6 is 0 Å². The molecule has 5 heterocycles. The van der Waals surface area contributed by atoms with E-state index in [1.807, 2.05) is 53.2 Å². The first-order valence-electron chi connectivity index (χ1n) is 12.6. The van der Waals surface area contributed by atoms with Crippen molar-refractivity contribution in [2.75, 3.05) is 0 Å². The molecule has 0 spiro atoms. The topological polar surface area (TPSA) is 47.5 Å². The molecule has 0 radical (unpaired) electrons. The van der Waals surface area contributed by atoms with Gasteiger partial charge < -0.3 is 4.40 Å². The lowest BCUT2D eigenvalue weighted by Gasteiger charge is -2.09.